The van der Waals surface area contributed by atoms with E-state index >= 15 is 0 Å². The summed E-state index contributed by atoms with van der Waals surface area (Å²) in [5.41, 5.74) is 6.89. The summed E-state index contributed by atoms with van der Waals surface area (Å²) in [6.07, 6.45) is 0.774. The number of amidine groups is 1. The molecule has 4 N–H and O–H groups in total. The van der Waals surface area contributed by atoms with Crippen molar-refractivity contribution in [2.75, 3.05) is 18.0 Å². The highest BCUT2D eigenvalue weighted by Gasteiger charge is 2.32. The fourth-order valence-electron chi connectivity index (χ4n) is 2.94. The molecule has 0 amide bonds. The highest BCUT2D eigenvalue weighted by molar-refractivity contribution is 6.10. The normalized spacial score (nSPS) is 22.4. The van der Waals surface area contributed by atoms with Crippen LogP contribution in [-0.4, -0.2) is 29.6 Å². The molecule has 1 heterocycles. The summed E-state index contributed by atoms with van der Waals surface area (Å²) >= 11 is 0. The molecule has 1 unspecified atom stereocenters. The molecule has 0 aliphatic carbocycles. The van der Waals surface area contributed by atoms with Crippen molar-refractivity contribution in [3.63, 3.8) is 0 Å². The first-order chi connectivity index (χ1) is 9.48. The lowest BCUT2D eigenvalue weighted by Crippen LogP contribution is -2.29. The number of β-amino-alcohol motifs (C(OH)–C–C–N with tert-alkyl or cyclic N) is 1. The summed E-state index contributed by atoms with van der Waals surface area (Å²) in [4.78, 5) is 2.20. The molecule has 20 heavy (non-hydrogen) atoms. The maximum atomic E-state index is 10.1. The molecule has 0 aromatic heterocycles. The molecule has 0 saturated carbocycles. The van der Waals surface area contributed by atoms with Crippen LogP contribution in [-0.2, 0) is 0 Å². The van der Waals surface area contributed by atoms with Gasteiger partial charge in [0.05, 0.1) is 5.60 Å². The standard InChI is InChI=1S/C16H19N3O/c1-16(20)8-9-19(10-16)14-7-6-13(15(17)18)11-4-2-3-5-12(11)14/h2-7,20H,8-10H2,1H3,(H3,17,18). The van der Waals surface area contributed by atoms with Gasteiger partial charge in [-0.1, -0.05) is 24.3 Å². The lowest BCUT2D eigenvalue weighted by molar-refractivity contribution is 0.0839. The monoisotopic (exact) mass is 269 g/mol. The Hall–Kier alpha value is -2.07. The van der Waals surface area contributed by atoms with Gasteiger partial charge in [-0.05, 0) is 30.9 Å². The lowest BCUT2D eigenvalue weighted by atomic mass is 10.0. The molecule has 4 nitrogen and oxygen atoms in total. The number of rotatable bonds is 2. The number of nitrogens with one attached hydrogen (secondary N) is 1. The minimum absolute atomic E-state index is 0.0844. The molecule has 2 aromatic rings. The van der Waals surface area contributed by atoms with E-state index in [0.29, 0.717) is 6.54 Å². The zero-order valence-electron chi connectivity index (χ0n) is 11.6. The number of aliphatic hydroxyl groups is 1. The summed E-state index contributed by atoms with van der Waals surface area (Å²) in [6, 6.07) is 11.9. The number of fused-ring (bicyclic) bond motifs is 1. The van der Waals surface area contributed by atoms with Crippen LogP contribution < -0.4 is 10.6 Å². The SMILES string of the molecule is CC1(O)CCN(c2ccc(C(=N)N)c3ccccc23)C1. The van der Waals surface area contributed by atoms with Crippen LogP contribution in [0.15, 0.2) is 36.4 Å². The zero-order valence-corrected chi connectivity index (χ0v) is 11.6. The number of nitrogens with zero attached hydrogens (tertiary/aromatic N) is 1. The van der Waals surface area contributed by atoms with Gasteiger partial charge >= 0.3 is 0 Å². The zero-order chi connectivity index (χ0) is 14.3. The van der Waals surface area contributed by atoms with Crippen molar-refractivity contribution in [3.8, 4) is 0 Å². The number of nitrogens with two attached hydrogens (primary N) is 1. The van der Waals surface area contributed by atoms with Crippen LogP contribution in [0.1, 0.15) is 18.9 Å². The molecule has 0 radical (unpaired) electrons. The summed E-state index contributed by atoms with van der Waals surface area (Å²) in [6.45, 7) is 3.35. The van der Waals surface area contributed by atoms with Gasteiger partial charge in [-0.2, -0.15) is 0 Å². The molecular formula is C16H19N3O. The molecule has 0 spiro atoms. The van der Waals surface area contributed by atoms with Gasteiger partial charge < -0.3 is 15.7 Å². The van der Waals surface area contributed by atoms with Crippen LogP contribution in [0.2, 0.25) is 0 Å². The van der Waals surface area contributed by atoms with E-state index in [0.717, 1.165) is 35.0 Å². The highest BCUT2D eigenvalue weighted by atomic mass is 16.3. The van der Waals surface area contributed by atoms with Crippen LogP contribution in [0.4, 0.5) is 5.69 Å². The number of hydrogen-bond donors (Lipinski definition) is 3. The molecule has 104 valence electrons. The van der Waals surface area contributed by atoms with Gasteiger partial charge in [0.2, 0.25) is 0 Å². The average Bonchev–Trinajstić information content (AvgIpc) is 2.77. The van der Waals surface area contributed by atoms with E-state index in [9.17, 15) is 5.11 Å². The lowest BCUT2D eigenvalue weighted by Gasteiger charge is -2.23. The Bertz CT molecular complexity index is 678. The second kappa shape index (κ2) is 4.49. The first kappa shape index (κ1) is 12.9. The van der Waals surface area contributed by atoms with Crippen LogP contribution in [0.5, 0.6) is 0 Å². The van der Waals surface area contributed by atoms with Gasteiger partial charge in [-0.3, -0.25) is 5.41 Å². The second-order valence-corrected chi connectivity index (χ2v) is 5.76. The maximum absolute atomic E-state index is 10.1. The van der Waals surface area contributed by atoms with Crippen LogP contribution in [0.3, 0.4) is 0 Å². The van der Waals surface area contributed by atoms with Crippen LogP contribution >= 0.6 is 0 Å². The molecule has 1 aliphatic heterocycles. The van der Waals surface area contributed by atoms with E-state index in [1.54, 1.807) is 0 Å². The third-order valence-electron chi connectivity index (χ3n) is 3.98. The van der Waals surface area contributed by atoms with E-state index in [2.05, 4.69) is 4.90 Å². The summed E-state index contributed by atoms with van der Waals surface area (Å²) in [5, 5.41) is 19.9. The van der Waals surface area contributed by atoms with E-state index in [1.807, 2.05) is 43.3 Å². The Morgan fingerprint density at radius 1 is 1.25 bits per heavy atom. The van der Waals surface area contributed by atoms with Crippen molar-refractivity contribution >= 4 is 22.3 Å². The highest BCUT2D eigenvalue weighted by Crippen LogP contribution is 2.33. The van der Waals surface area contributed by atoms with Crippen LogP contribution in [0.25, 0.3) is 10.8 Å². The predicted octanol–water partition coefficient (Wildman–Crippen LogP) is 2.08. The largest absolute Gasteiger partial charge is 0.388 e. The van der Waals surface area contributed by atoms with Gasteiger partial charge in [-0.25, -0.2) is 0 Å². The Morgan fingerprint density at radius 3 is 2.55 bits per heavy atom. The van der Waals surface area contributed by atoms with Crippen LogP contribution in [0, 0.1) is 5.41 Å². The molecule has 1 saturated heterocycles. The van der Waals surface area contributed by atoms with E-state index < -0.39 is 5.60 Å². The molecule has 0 bridgehead atoms. The predicted molar refractivity (Wildman–Crippen MR) is 82.4 cm³/mol. The Balaban J connectivity index is 2.14. The summed E-state index contributed by atoms with van der Waals surface area (Å²) in [5.74, 6) is 0.0844. The van der Waals surface area contributed by atoms with Crippen molar-refractivity contribution in [2.24, 2.45) is 5.73 Å². The van der Waals surface area contributed by atoms with E-state index in [1.165, 1.54) is 0 Å². The molecular weight excluding hydrogens is 250 g/mol. The number of benzene rings is 2. The average molecular weight is 269 g/mol. The first-order valence-corrected chi connectivity index (χ1v) is 6.81. The van der Waals surface area contributed by atoms with E-state index in [-0.39, 0.29) is 5.84 Å². The smallest absolute Gasteiger partial charge is 0.123 e. The number of anilines is 1. The molecule has 1 aliphatic rings. The second-order valence-electron chi connectivity index (χ2n) is 5.76. The quantitative estimate of drug-likeness (QED) is 0.577. The Morgan fingerprint density at radius 2 is 1.95 bits per heavy atom. The molecule has 4 heteroatoms. The molecule has 1 atom stereocenters. The minimum Gasteiger partial charge on any atom is -0.388 e. The van der Waals surface area contributed by atoms with Gasteiger partial charge in [-0.15, -0.1) is 0 Å². The van der Waals surface area contributed by atoms with Gasteiger partial charge in [0.25, 0.3) is 0 Å². The summed E-state index contributed by atoms with van der Waals surface area (Å²) < 4.78 is 0. The van der Waals surface area contributed by atoms with Gasteiger partial charge in [0.15, 0.2) is 0 Å². The first-order valence-electron chi connectivity index (χ1n) is 6.81. The molecule has 3 rings (SSSR count). The fraction of sp³-hybridized carbons (Fsp3) is 0.312. The third-order valence-corrected chi connectivity index (χ3v) is 3.98. The number of hydrogen-bond acceptors (Lipinski definition) is 3. The van der Waals surface area contributed by atoms with Crippen molar-refractivity contribution in [3.05, 3.63) is 42.0 Å². The van der Waals surface area contributed by atoms with E-state index in [4.69, 9.17) is 11.1 Å². The fourth-order valence-corrected chi connectivity index (χ4v) is 2.94. The van der Waals surface area contributed by atoms with Gasteiger partial charge in [0, 0.05) is 29.7 Å². The van der Waals surface area contributed by atoms with Crippen molar-refractivity contribution in [2.45, 2.75) is 18.9 Å². The topological polar surface area (TPSA) is 73.3 Å². The third kappa shape index (κ3) is 2.12. The minimum atomic E-state index is -0.625. The summed E-state index contributed by atoms with van der Waals surface area (Å²) in [7, 11) is 0. The molecule has 2 aromatic carbocycles. The maximum Gasteiger partial charge on any atom is 0.123 e. The Kier molecular flexibility index (Phi) is 2.91. The number of nitrogen functional groups attached to an aromatic ring is 1. The van der Waals surface area contributed by atoms with Gasteiger partial charge in [0.1, 0.15) is 5.84 Å². The van der Waals surface area contributed by atoms with Crippen molar-refractivity contribution in [1.82, 2.24) is 0 Å². The molecule has 1 fully saturated rings. The van der Waals surface area contributed by atoms with Crippen molar-refractivity contribution < 1.29 is 5.11 Å². The Labute approximate surface area is 118 Å². The van der Waals surface area contributed by atoms with Crippen molar-refractivity contribution in [1.29, 1.82) is 5.41 Å².